The van der Waals surface area contributed by atoms with Gasteiger partial charge >= 0.3 is 11.9 Å². The first-order valence-corrected chi connectivity index (χ1v) is 15.9. The number of ether oxygens (including phenoxy) is 2. The van der Waals surface area contributed by atoms with Gasteiger partial charge in [0.2, 0.25) is 12.3 Å². The van der Waals surface area contributed by atoms with Crippen molar-refractivity contribution in [2.24, 2.45) is 5.16 Å². The van der Waals surface area contributed by atoms with Gasteiger partial charge in [-0.2, -0.15) is 0 Å². The average molecular weight is 671 g/mol. The summed E-state index contributed by atoms with van der Waals surface area (Å²) in [5.41, 5.74) is 6.69. The number of rotatable bonds is 11. The fraction of sp³-hybridized carbons (Fsp3) is 0.265. The molecule has 0 bridgehead atoms. The van der Waals surface area contributed by atoms with Gasteiger partial charge in [-0.3, -0.25) is 14.5 Å². The van der Waals surface area contributed by atoms with Gasteiger partial charge in [-0.1, -0.05) is 78.5 Å². The second kappa shape index (κ2) is 14.5. The van der Waals surface area contributed by atoms with E-state index in [0.717, 1.165) is 11.1 Å². The monoisotopic (exact) mass is 670 g/mol. The van der Waals surface area contributed by atoms with Gasteiger partial charge in [0, 0.05) is 11.9 Å². The molecule has 1 saturated heterocycles. The summed E-state index contributed by atoms with van der Waals surface area (Å²) in [7, 11) is 0. The fourth-order valence-electron chi connectivity index (χ4n) is 4.94. The van der Waals surface area contributed by atoms with Gasteiger partial charge in [0.25, 0.3) is 11.8 Å². The van der Waals surface area contributed by atoms with Crippen molar-refractivity contribution in [3.8, 4) is 0 Å². The van der Waals surface area contributed by atoms with Crippen LogP contribution in [-0.2, 0) is 33.5 Å². The van der Waals surface area contributed by atoms with Crippen LogP contribution in [0.4, 0.5) is 5.82 Å². The van der Waals surface area contributed by atoms with Crippen molar-refractivity contribution in [2.45, 2.75) is 43.9 Å². The summed E-state index contributed by atoms with van der Waals surface area (Å²) in [5.74, 6) is -2.65. The first-order valence-electron chi connectivity index (χ1n) is 14.9. The van der Waals surface area contributed by atoms with Crippen molar-refractivity contribution in [2.75, 3.05) is 18.1 Å². The van der Waals surface area contributed by atoms with E-state index >= 15 is 0 Å². The van der Waals surface area contributed by atoms with Gasteiger partial charge in [0.15, 0.2) is 11.9 Å². The van der Waals surface area contributed by atoms with E-state index in [-0.39, 0.29) is 17.3 Å². The van der Waals surface area contributed by atoms with Crippen LogP contribution in [0.5, 0.6) is 0 Å². The van der Waals surface area contributed by atoms with E-state index in [2.05, 4.69) is 27.0 Å². The minimum atomic E-state index is -1.05. The molecular weight excluding hydrogens is 636 g/mol. The summed E-state index contributed by atoms with van der Waals surface area (Å²) in [4.78, 5) is 67.6. The lowest BCUT2D eigenvalue weighted by molar-refractivity contribution is -0.160. The number of anilines is 1. The highest BCUT2D eigenvalue weighted by Crippen LogP contribution is 2.42. The Morgan fingerprint density at radius 3 is 2.33 bits per heavy atom. The Hall–Kier alpha value is -5.50. The molecule has 1 aromatic heterocycles. The highest BCUT2D eigenvalue weighted by atomic mass is 32.2. The Labute approximate surface area is 281 Å². The van der Waals surface area contributed by atoms with Crippen LogP contribution in [0, 0.1) is 0 Å². The number of benzene rings is 2. The SMILES string of the molecule is C=CC1=C(C(=O)OC(c2ccccc2)c2ccccc2)N2C(=O)C(NC(=O)C(=NOCC(=O)OC(C)(C)C)c3nccc(N)n3)[C@@H]2SC1. The van der Waals surface area contributed by atoms with Gasteiger partial charge in [-0.15, -0.1) is 11.8 Å². The smallest absolute Gasteiger partial charge is 0.356 e. The Morgan fingerprint density at radius 2 is 1.75 bits per heavy atom. The van der Waals surface area contributed by atoms with Crippen LogP contribution in [0.1, 0.15) is 43.8 Å². The molecule has 13 nitrogen and oxygen atoms in total. The molecule has 3 heterocycles. The zero-order valence-corrected chi connectivity index (χ0v) is 27.3. The van der Waals surface area contributed by atoms with E-state index < -0.39 is 59.2 Å². The molecule has 0 spiro atoms. The molecule has 0 saturated carbocycles. The molecule has 0 aliphatic carbocycles. The maximum atomic E-state index is 13.9. The summed E-state index contributed by atoms with van der Waals surface area (Å²) in [6.45, 7) is 8.32. The number of nitrogens with one attached hydrogen (secondary N) is 1. The number of oxime groups is 1. The number of aromatic nitrogens is 2. The van der Waals surface area contributed by atoms with E-state index in [1.54, 1.807) is 20.8 Å². The molecule has 2 aliphatic heterocycles. The molecule has 5 rings (SSSR count). The van der Waals surface area contributed by atoms with Gasteiger partial charge in [0.1, 0.15) is 28.5 Å². The third-order valence-electron chi connectivity index (χ3n) is 7.02. The molecule has 2 atom stereocenters. The van der Waals surface area contributed by atoms with Crippen molar-refractivity contribution in [1.29, 1.82) is 0 Å². The maximum absolute atomic E-state index is 13.9. The number of carbonyl (C=O) groups excluding carboxylic acids is 4. The average Bonchev–Trinajstić information content (AvgIpc) is 3.07. The summed E-state index contributed by atoms with van der Waals surface area (Å²) in [6.07, 6.45) is 2.10. The van der Waals surface area contributed by atoms with E-state index in [9.17, 15) is 19.2 Å². The Morgan fingerprint density at radius 1 is 1.10 bits per heavy atom. The molecule has 3 aromatic rings. The molecule has 0 radical (unpaired) electrons. The minimum Gasteiger partial charge on any atom is -0.457 e. The third-order valence-corrected chi connectivity index (χ3v) is 8.32. The molecule has 3 N–H and O–H groups in total. The quantitative estimate of drug-likeness (QED) is 0.133. The fourth-order valence-corrected chi connectivity index (χ4v) is 6.28. The Kier molecular flexibility index (Phi) is 10.2. The summed E-state index contributed by atoms with van der Waals surface area (Å²) < 4.78 is 11.3. The first-order chi connectivity index (χ1) is 23.0. The van der Waals surface area contributed by atoms with Crippen molar-refractivity contribution in [1.82, 2.24) is 20.2 Å². The second-order valence-corrected chi connectivity index (χ2v) is 12.8. The van der Waals surface area contributed by atoms with E-state index in [0.29, 0.717) is 11.3 Å². The van der Waals surface area contributed by atoms with Crippen molar-refractivity contribution < 1.29 is 33.5 Å². The number of allylic oxidation sites excluding steroid dienone is 1. The zero-order valence-electron chi connectivity index (χ0n) is 26.5. The lowest BCUT2D eigenvalue weighted by atomic mass is 10.0. The highest BCUT2D eigenvalue weighted by Gasteiger charge is 2.54. The summed E-state index contributed by atoms with van der Waals surface area (Å²) in [6, 6.07) is 18.9. The second-order valence-electron chi connectivity index (χ2n) is 11.7. The molecule has 2 amide bonds. The summed E-state index contributed by atoms with van der Waals surface area (Å²) >= 11 is 1.34. The summed E-state index contributed by atoms with van der Waals surface area (Å²) in [5, 5.41) is 5.80. The number of carbonyl (C=O) groups is 4. The van der Waals surface area contributed by atoms with Crippen LogP contribution in [0.3, 0.4) is 0 Å². The number of nitrogens with zero attached hydrogens (tertiary/aromatic N) is 4. The number of esters is 2. The molecule has 1 fully saturated rings. The number of nitrogen functional groups attached to an aromatic ring is 1. The van der Waals surface area contributed by atoms with Crippen LogP contribution in [0.2, 0.25) is 0 Å². The lowest BCUT2D eigenvalue weighted by Crippen LogP contribution is -2.71. The van der Waals surface area contributed by atoms with Gasteiger partial charge in [-0.25, -0.2) is 19.6 Å². The van der Waals surface area contributed by atoms with Crippen LogP contribution in [-0.4, -0.2) is 73.7 Å². The van der Waals surface area contributed by atoms with Crippen LogP contribution >= 0.6 is 11.8 Å². The van der Waals surface area contributed by atoms with Crippen molar-refractivity contribution in [3.63, 3.8) is 0 Å². The van der Waals surface area contributed by atoms with Crippen LogP contribution in [0.15, 0.2) is 102 Å². The standard InChI is InChI=1S/C34H34N6O7S/c1-5-20-19-48-32-26(38-30(42)25(29-36-17-16-23(35)37-29)39-45-18-24(41)47-34(2,3)4)31(43)40(32)27(20)33(44)46-28(21-12-8-6-9-13-21)22-14-10-7-11-15-22/h5-17,26,28,32H,1,18-19H2,2-4H3,(H,38,42)(H2,35,36,37)/t26?,32-/m0/s1. The minimum absolute atomic E-state index is 0.0508. The zero-order chi connectivity index (χ0) is 34.4. The lowest BCUT2D eigenvalue weighted by Gasteiger charge is -2.49. The van der Waals surface area contributed by atoms with Crippen LogP contribution < -0.4 is 11.1 Å². The van der Waals surface area contributed by atoms with Gasteiger partial charge in [0.05, 0.1) is 0 Å². The number of fused-ring (bicyclic) bond motifs is 1. The molecule has 14 heteroatoms. The topological polar surface area (TPSA) is 175 Å². The number of β-lactam (4-membered cyclic amide) rings is 1. The number of thioether (sulfide) groups is 1. The normalized spacial score (nSPS) is 17.6. The first kappa shape index (κ1) is 33.9. The Bertz CT molecular complexity index is 1740. The van der Waals surface area contributed by atoms with E-state index in [1.807, 2.05) is 60.7 Å². The van der Waals surface area contributed by atoms with Crippen molar-refractivity contribution in [3.05, 3.63) is 114 Å². The maximum Gasteiger partial charge on any atom is 0.356 e. The third kappa shape index (κ3) is 7.72. The number of hydrogen-bond donors (Lipinski definition) is 2. The van der Waals surface area contributed by atoms with E-state index in [4.69, 9.17) is 20.0 Å². The van der Waals surface area contributed by atoms with Gasteiger partial charge in [-0.05, 0) is 43.5 Å². The molecule has 2 aromatic carbocycles. The number of amides is 2. The largest absolute Gasteiger partial charge is 0.457 e. The molecule has 1 unspecified atom stereocenters. The number of hydrogen-bond acceptors (Lipinski definition) is 12. The van der Waals surface area contributed by atoms with Gasteiger partial charge < -0.3 is 25.4 Å². The Balaban J connectivity index is 1.35. The number of nitrogens with two attached hydrogens (primary N) is 1. The van der Waals surface area contributed by atoms with Crippen molar-refractivity contribution >= 4 is 47.0 Å². The van der Waals surface area contributed by atoms with Crippen LogP contribution in [0.25, 0.3) is 0 Å². The molecule has 248 valence electrons. The molecular formula is C34H34N6O7S. The predicted octanol–water partition coefficient (Wildman–Crippen LogP) is 3.29. The highest BCUT2D eigenvalue weighted by molar-refractivity contribution is 8.00. The predicted molar refractivity (Wildman–Crippen MR) is 178 cm³/mol. The van der Waals surface area contributed by atoms with E-state index in [1.165, 1.54) is 35.0 Å². The molecule has 48 heavy (non-hydrogen) atoms. The molecule has 2 aliphatic rings.